The molecule has 0 spiro atoms. The minimum atomic E-state index is -0.896. The smallest absolute Gasteiger partial charge is 0.303 e. The van der Waals surface area contributed by atoms with Gasteiger partial charge in [0.1, 0.15) is 0 Å². The van der Waals surface area contributed by atoms with Gasteiger partial charge in [-0.2, -0.15) is 0 Å². The lowest BCUT2D eigenvalue weighted by Crippen LogP contribution is -2.44. The summed E-state index contributed by atoms with van der Waals surface area (Å²) >= 11 is 0. The highest BCUT2D eigenvalue weighted by Gasteiger charge is 2.33. The average Bonchev–Trinajstić information content (AvgIpc) is 2.92. The monoisotopic (exact) mass is 512 g/mol. The fourth-order valence-corrected chi connectivity index (χ4v) is 4.59. The number of rotatable bonds is 11. The lowest BCUT2D eigenvalue weighted by Gasteiger charge is -2.39. The SMILES string of the molecule is O=C(O)CCCC(=O)NCc1ccc([C@H]2O[C@@H](CN3CCOCC3)C[C@@H](c3ccc(CO)cc3)O2)cc1. The van der Waals surface area contributed by atoms with E-state index in [9.17, 15) is 14.7 Å². The standard InChI is InChI=1S/C28H36N2O7/c31-19-21-6-8-22(9-7-21)25-16-24(18-30-12-14-35-15-13-30)36-28(37-25)23-10-4-20(5-11-23)17-29-26(32)2-1-3-27(33)34/h4-11,24-25,28,31H,1-3,12-19H2,(H,29,32)(H,33,34)/t24-,25+,28+/m1/s1. The molecule has 0 bridgehead atoms. The first-order valence-corrected chi connectivity index (χ1v) is 12.9. The van der Waals surface area contributed by atoms with Gasteiger partial charge in [0, 0.05) is 51.0 Å². The molecule has 2 aromatic carbocycles. The number of carbonyl (C=O) groups excluding carboxylic acids is 1. The van der Waals surface area contributed by atoms with E-state index in [2.05, 4.69) is 10.2 Å². The third-order valence-electron chi connectivity index (χ3n) is 6.72. The average molecular weight is 513 g/mol. The first kappa shape index (κ1) is 27.2. The molecular formula is C28H36N2O7. The second kappa shape index (κ2) is 13.6. The number of ether oxygens (including phenoxy) is 3. The molecule has 0 unspecified atom stereocenters. The Bertz CT molecular complexity index is 1010. The Morgan fingerprint density at radius 3 is 2.27 bits per heavy atom. The van der Waals surface area contributed by atoms with Gasteiger partial charge in [-0.25, -0.2) is 0 Å². The molecule has 2 heterocycles. The number of aliphatic hydroxyl groups excluding tert-OH is 1. The molecule has 3 N–H and O–H groups in total. The first-order chi connectivity index (χ1) is 18.0. The molecule has 9 nitrogen and oxygen atoms in total. The summed E-state index contributed by atoms with van der Waals surface area (Å²) in [5.74, 6) is -1.06. The quantitative estimate of drug-likeness (QED) is 0.421. The van der Waals surface area contributed by atoms with Crippen LogP contribution in [0.3, 0.4) is 0 Å². The second-order valence-electron chi connectivity index (χ2n) is 9.53. The van der Waals surface area contributed by atoms with Crippen LogP contribution in [0.25, 0.3) is 0 Å². The first-order valence-electron chi connectivity index (χ1n) is 12.9. The van der Waals surface area contributed by atoms with Crippen LogP contribution in [0.5, 0.6) is 0 Å². The van der Waals surface area contributed by atoms with Crippen molar-refractivity contribution in [1.82, 2.24) is 10.2 Å². The van der Waals surface area contributed by atoms with Crippen molar-refractivity contribution >= 4 is 11.9 Å². The van der Waals surface area contributed by atoms with E-state index < -0.39 is 12.3 Å². The van der Waals surface area contributed by atoms with Gasteiger partial charge in [0.05, 0.1) is 32.0 Å². The number of aliphatic carboxylic acids is 1. The van der Waals surface area contributed by atoms with E-state index in [1.54, 1.807) is 0 Å². The zero-order chi connectivity index (χ0) is 26.0. The Morgan fingerprint density at radius 1 is 0.919 bits per heavy atom. The van der Waals surface area contributed by atoms with Gasteiger partial charge in [-0.1, -0.05) is 48.5 Å². The van der Waals surface area contributed by atoms with E-state index in [-0.39, 0.29) is 37.6 Å². The molecule has 0 aliphatic carbocycles. The number of carboxylic acid groups (broad SMARTS) is 1. The van der Waals surface area contributed by atoms with Crippen molar-refractivity contribution in [3.63, 3.8) is 0 Å². The largest absolute Gasteiger partial charge is 0.481 e. The van der Waals surface area contributed by atoms with Gasteiger partial charge in [0.25, 0.3) is 0 Å². The van der Waals surface area contributed by atoms with Crippen molar-refractivity contribution in [2.75, 3.05) is 32.8 Å². The Labute approximate surface area is 217 Å². The Hall–Kier alpha value is -2.82. The van der Waals surface area contributed by atoms with Crippen molar-refractivity contribution in [2.24, 2.45) is 0 Å². The Morgan fingerprint density at radius 2 is 1.59 bits per heavy atom. The number of morpholine rings is 1. The number of amides is 1. The van der Waals surface area contributed by atoms with Crippen LogP contribution < -0.4 is 5.32 Å². The van der Waals surface area contributed by atoms with Crippen LogP contribution in [-0.4, -0.2) is 65.9 Å². The molecule has 1 amide bonds. The van der Waals surface area contributed by atoms with Crippen LogP contribution >= 0.6 is 0 Å². The van der Waals surface area contributed by atoms with Gasteiger partial charge >= 0.3 is 5.97 Å². The maximum Gasteiger partial charge on any atom is 0.303 e. The molecule has 2 fully saturated rings. The molecular weight excluding hydrogens is 476 g/mol. The summed E-state index contributed by atoms with van der Waals surface area (Å²) in [6.45, 7) is 4.42. The fraction of sp³-hybridized carbons (Fsp3) is 0.500. The number of hydrogen-bond donors (Lipinski definition) is 3. The lowest BCUT2D eigenvalue weighted by atomic mass is 9.99. The number of benzene rings is 2. The number of hydrogen-bond acceptors (Lipinski definition) is 7. The van der Waals surface area contributed by atoms with Crippen LogP contribution in [0.2, 0.25) is 0 Å². The lowest BCUT2D eigenvalue weighted by molar-refractivity contribution is -0.253. The van der Waals surface area contributed by atoms with Crippen molar-refractivity contribution in [1.29, 1.82) is 0 Å². The second-order valence-corrected chi connectivity index (χ2v) is 9.53. The van der Waals surface area contributed by atoms with Crippen LogP contribution in [0.4, 0.5) is 0 Å². The summed E-state index contributed by atoms with van der Waals surface area (Å²) < 4.78 is 18.3. The van der Waals surface area contributed by atoms with Gasteiger partial charge < -0.3 is 29.7 Å². The highest BCUT2D eigenvalue weighted by atomic mass is 16.7. The predicted octanol–water partition coefficient (Wildman–Crippen LogP) is 2.93. The third-order valence-corrected chi connectivity index (χ3v) is 6.72. The number of nitrogens with zero attached hydrogens (tertiary/aromatic N) is 1. The van der Waals surface area contributed by atoms with Crippen LogP contribution in [0.15, 0.2) is 48.5 Å². The molecule has 0 aromatic heterocycles. The molecule has 0 radical (unpaired) electrons. The van der Waals surface area contributed by atoms with Gasteiger partial charge in [-0.3, -0.25) is 14.5 Å². The normalized spacial score (nSPS) is 22.5. The summed E-state index contributed by atoms with van der Waals surface area (Å²) in [4.78, 5) is 24.9. The van der Waals surface area contributed by atoms with Crippen LogP contribution in [0.1, 0.15) is 60.3 Å². The van der Waals surface area contributed by atoms with E-state index in [1.807, 2.05) is 48.5 Å². The van der Waals surface area contributed by atoms with Crippen molar-refractivity contribution in [2.45, 2.75) is 57.3 Å². The van der Waals surface area contributed by atoms with Gasteiger partial charge in [0.2, 0.25) is 5.91 Å². The topological polar surface area (TPSA) is 118 Å². The fourth-order valence-electron chi connectivity index (χ4n) is 4.59. The summed E-state index contributed by atoms with van der Waals surface area (Å²) in [6, 6.07) is 15.7. The molecule has 2 aromatic rings. The maximum atomic E-state index is 12.0. The molecule has 2 saturated heterocycles. The minimum absolute atomic E-state index is 0.00628. The molecule has 3 atom stereocenters. The summed E-state index contributed by atoms with van der Waals surface area (Å²) in [5.41, 5.74) is 3.76. The Balaban J connectivity index is 1.39. The molecule has 2 aliphatic rings. The zero-order valence-corrected chi connectivity index (χ0v) is 21.0. The van der Waals surface area contributed by atoms with E-state index in [4.69, 9.17) is 19.3 Å². The molecule has 0 saturated carbocycles. The molecule has 2 aliphatic heterocycles. The van der Waals surface area contributed by atoms with Crippen molar-refractivity contribution in [3.05, 3.63) is 70.8 Å². The van der Waals surface area contributed by atoms with E-state index in [0.717, 1.165) is 61.5 Å². The molecule has 4 rings (SSSR count). The number of aliphatic hydroxyl groups is 1. The molecule has 37 heavy (non-hydrogen) atoms. The van der Waals surface area contributed by atoms with Gasteiger partial charge in [0.15, 0.2) is 6.29 Å². The zero-order valence-electron chi connectivity index (χ0n) is 21.0. The van der Waals surface area contributed by atoms with Crippen LogP contribution in [0, 0.1) is 0 Å². The summed E-state index contributed by atoms with van der Waals surface area (Å²) in [5, 5.41) is 20.9. The summed E-state index contributed by atoms with van der Waals surface area (Å²) in [7, 11) is 0. The number of nitrogens with one attached hydrogen (secondary N) is 1. The highest BCUT2D eigenvalue weighted by molar-refractivity contribution is 5.76. The maximum absolute atomic E-state index is 12.0. The van der Waals surface area contributed by atoms with E-state index in [0.29, 0.717) is 13.0 Å². The predicted molar refractivity (Wildman–Crippen MR) is 135 cm³/mol. The number of carbonyl (C=O) groups is 2. The van der Waals surface area contributed by atoms with E-state index >= 15 is 0 Å². The minimum Gasteiger partial charge on any atom is -0.481 e. The van der Waals surface area contributed by atoms with Gasteiger partial charge in [-0.05, 0) is 23.1 Å². The summed E-state index contributed by atoms with van der Waals surface area (Å²) in [6.07, 6.45) is 0.570. The number of carboxylic acids is 1. The Kier molecular flexibility index (Phi) is 10.0. The van der Waals surface area contributed by atoms with Crippen molar-refractivity contribution in [3.8, 4) is 0 Å². The third kappa shape index (κ3) is 8.34. The van der Waals surface area contributed by atoms with E-state index in [1.165, 1.54) is 0 Å². The highest BCUT2D eigenvalue weighted by Crippen LogP contribution is 2.38. The van der Waals surface area contributed by atoms with Crippen LogP contribution in [-0.2, 0) is 37.0 Å². The molecule has 200 valence electrons. The molecule has 9 heteroatoms. The van der Waals surface area contributed by atoms with Crippen molar-refractivity contribution < 1.29 is 34.0 Å². The van der Waals surface area contributed by atoms with Gasteiger partial charge in [-0.15, -0.1) is 0 Å².